The molecule has 0 heterocycles. The van der Waals surface area contributed by atoms with Crippen LogP contribution in [0.1, 0.15) is 37.6 Å². The fraction of sp³-hybridized carbons (Fsp3) is 0.429. The van der Waals surface area contributed by atoms with Crippen molar-refractivity contribution < 1.29 is 19.4 Å². The zero-order valence-electron chi connectivity index (χ0n) is 10.8. The van der Waals surface area contributed by atoms with Gasteiger partial charge in [0.05, 0.1) is 6.10 Å². The Hall–Kier alpha value is -1.84. The lowest BCUT2D eigenvalue weighted by Crippen LogP contribution is -2.23. The van der Waals surface area contributed by atoms with Gasteiger partial charge in [-0.05, 0) is 44.5 Å². The molecule has 4 nitrogen and oxygen atoms in total. The van der Waals surface area contributed by atoms with E-state index in [2.05, 4.69) is 0 Å². The Morgan fingerprint density at radius 1 is 1.22 bits per heavy atom. The van der Waals surface area contributed by atoms with Crippen LogP contribution < -0.4 is 4.74 Å². The van der Waals surface area contributed by atoms with Crippen molar-refractivity contribution >= 4 is 11.8 Å². The van der Waals surface area contributed by atoms with E-state index in [9.17, 15) is 9.59 Å². The SMILES string of the molecule is CCC(C(=O)O)C(=O)c1ccc(OC(C)C)cc1. The highest BCUT2D eigenvalue weighted by molar-refractivity contribution is 6.08. The summed E-state index contributed by atoms with van der Waals surface area (Å²) in [5, 5.41) is 8.93. The number of carboxylic acids is 1. The predicted octanol–water partition coefficient (Wildman–Crippen LogP) is 2.77. The van der Waals surface area contributed by atoms with Crippen LogP contribution in [0.2, 0.25) is 0 Å². The topological polar surface area (TPSA) is 63.6 Å². The van der Waals surface area contributed by atoms with Crippen molar-refractivity contribution in [2.45, 2.75) is 33.3 Å². The number of hydrogen-bond acceptors (Lipinski definition) is 3. The summed E-state index contributed by atoms with van der Waals surface area (Å²) < 4.78 is 5.46. The molecular formula is C14H18O4. The third-order valence-electron chi connectivity index (χ3n) is 2.53. The van der Waals surface area contributed by atoms with E-state index in [0.29, 0.717) is 17.7 Å². The molecule has 1 aromatic rings. The Labute approximate surface area is 107 Å². The molecule has 4 heteroatoms. The molecule has 0 aliphatic rings. The van der Waals surface area contributed by atoms with Crippen LogP contribution in [-0.4, -0.2) is 23.0 Å². The minimum Gasteiger partial charge on any atom is -0.491 e. The number of ketones is 1. The predicted molar refractivity (Wildman–Crippen MR) is 68.0 cm³/mol. The number of carbonyl (C=O) groups is 2. The first kappa shape index (κ1) is 14.2. The monoisotopic (exact) mass is 250 g/mol. The van der Waals surface area contributed by atoms with Crippen LogP contribution >= 0.6 is 0 Å². The molecule has 0 saturated heterocycles. The van der Waals surface area contributed by atoms with Gasteiger partial charge in [0.25, 0.3) is 0 Å². The standard InChI is InChI=1S/C14H18O4/c1-4-12(14(16)17)13(15)10-5-7-11(8-6-10)18-9(2)3/h5-9,12H,4H2,1-3H3,(H,16,17). The maximum atomic E-state index is 11.9. The van der Waals surface area contributed by atoms with Gasteiger partial charge in [0, 0.05) is 5.56 Å². The van der Waals surface area contributed by atoms with Crippen molar-refractivity contribution in [1.29, 1.82) is 0 Å². The van der Waals surface area contributed by atoms with Crippen LogP contribution in [0, 0.1) is 5.92 Å². The van der Waals surface area contributed by atoms with Gasteiger partial charge in [0.2, 0.25) is 0 Å². The third kappa shape index (κ3) is 3.58. The zero-order chi connectivity index (χ0) is 13.7. The summed E-state index contributed by atoms with van der Waals surface area (Å²) >= 11 is 0. The van der Waals surface area contributed by atoms with Gasteiger partial charge >= 0.3 is 5.97 Å². The Morgan fingerprint density at radius 2 is 1.78 bits per heavy atom. The molecule has 1 atom stereocenters. The molecule has 0 amide bonds. The Morgan fingerprint density at radius 3 is 2.17 bits per heavy atom. The van der Waals surface area contributed by atoms with Crippen molar-refractivity contribution in [3.05, 3.63) is 29.8 Å². The summed E-state index contributed by atoms with van der Waals surface area (Å²) in [7, 11) is 0. The highest BCUT2D eigenvalue weighted by Gasteiger charge is 2.25. The molecule has 0 aliphatic heterocycles. The van der Waals surface area contributed by atoms with Gasteiger partial charge < -0.3 is 9.84 Å². The van der Waals surface area contributed by atoms with E-state index in [1.807, 2.05) is 13.8 Å². The van der Waals surface area contributed by atoms with Gasteiger partial charge in [-0.2, -0.15) is 0 Å². The number of carboxylic acid groups (broad SMARTS) is 1. The first-order chi connectivity index (χ1) is 8.45. The minimum atomic E-state index is -1.08. The molecule has 1 aromatic carbocycles. The molecule has 0 bridgehead atoms. The van der Waals surface area contributed by atoms with E-state index in [1.165, 1.54) is 0 Å². The summed E-state index contributed by atoms with van der Waals surface area (Å²) in [5.41, 5.74) is 0.403. The van der Waals surface area contributed by atoms with E-state index in [-0.39, 0.29) is 11.9 Å². The zero-order valence-corrected chi connectivity index (χ0v) is 10.8. The first-order valence-electron chi connectivity index (χ1n) is 5.99. The van der Waals surface area contributed by atoms with Gasteiger partial charge in [-0.25, -0.2) is 0 Å². The maximum Gasteiger partial charge on any atom is 0.314 e. The number of Topliss-reactive ketones (excluding diaryl/α,β-unsaturated/α-hetero) is 1. The first-order valence-corrected chi connectivity index (χ1v) is 5.99. The number of rotatable bonds is 6. The van der Waals surface area contributed by atoms with Crippen molar-refractivity contribution in [2.24, 2.45) is 5.92 Å². The van der Waals surface area contributed by atoms with Gasteiger partial charge in [-0.1, -0.05) is 6.92 Å². The minimum absolute atomic E-state index is 0.0639. The molecule has 0 fully saturated rings. The average molecular weight is 250 g/mol. The summed E-state index contributed by atoms with van der Waals surface area (Å²) in [5.74, 6) is -1.74. The molecule has 1 rings (SSSR count). The summed E-state index contributed by atoms with van der Waals surface area (Å²) in [4.78, 5) is 22.8. The second-order valence-corrected chi connectivity index (χ2v) is 4.35. The van der Waals surface area contributed by atoms with E-state index in [1.54, 1.807) is 31.2 Å². The lowest BCUT2D eigenvalue weighted by Gasteiger charge is -2.11. The fourth-order valence-corrected chi connectivity index (χ4v) is 1.64. The summed E-state index contributed by atoms with van der Waals surface area (Å²) in [6, 6.07) is 6.57. The average Bonchev–Trinajstić information content (AvgIpc) is 2.29. The lowest BCUT2D eigenvalue weighted by atomic mass is 9.95. The fourth-order valence-electron chi connectivity index (χ4n) is 1.64. The number of ether oxygens (including phenoxy) is 1. The third-order valence-corrected chi connectivity index (χ3v) is 2.53. The Bertz CT molecular complexity index is 420. The van der Waals surface area contributed by atoms with E-state index >= 15 is 0 Å². The van der Waals surface area contributed by atoms with Crippen LogP contribution in [0.3, 0.4) is 0 Å². The van der Waals surface area contributed by atoms with E-state index in [4.69, 9.17) is 9.84 Å². The largest absolute Gasteiger partial charge is 0.491 e. The number of carbonyl (C=O) groups excluding carboxylic acids is 1. The Balaban J connectivity index is 2.84. The molecule has 98 valence electrons. The van der Waals surface area contributed by atoms with Crippen LogP contribution in [0.25, 0.3) is 0 Å². The van der Waals surface area contributed by atoms with Gasteiger partial charge in [-0.15, -0.1) is 0 Å². The van der Waals surface area contributed by atoms with E-state index < -0.39 is 11.9 Å². The highest BCUT2D eigenvalue weighted by Crippen LogP contribution is 2.18. The maximum absolute atomic E-state index is 11.9. The molecule has 0 radical (unpaired) electrons. The van der Waals surface area contributed by atoms with Crippen molar-refractivity contribution in [1.82, 2.24) is 0 Å². The van der Waals surface area contributed by atoms with Crippen LogP contribution in [0.15, 0.2) is 24.3 Å². The second kappa shape index (κ2) is 6.19. The van der Waals surface area contributed by atoms with Gasteiger partial charge in [0.1, 0.15) is 11.7 Å². The number of aliphatic carboxylic acids is 1. The van der Waals surface area contributed by atoms with E-state index in [0.717, 1.165) is 0 Å². The molecule has 18 heavy (non-hydrogen) atoms. The highest BCUT2D eigenvalue weighted by atomic mass is 16.5. The molecule has 0 aliphatic carbocycles. The normalized spacial score (nSPS) is 12.2. The van der Waals surface area contributed by atoms with Crippen molar-refractivity contribution in [3.8, 4) is 5.75 Å². The van der Waals surface area contributed by atoms with Gasteiger partial charge in [0.15, 0.2) is 5.78 Å². The summed E-state index contributed by atoms with van der Waals surface area (Å²) in [6.45, 7) is 5.51. The molecule has 0 spiro atoms. The van der Waals surface area contributed by atoms with Crippen LogP contribution in [0.4, 0.5) is 0 Å². The summed E-state index contributed by atoms with van der Waals surface area (Å²) in [6.07, 6.45) is 0.354. The van der Waals surface area contributed by atoms with Crippen LogP contribution in [0.5, 0.6) is 5.75 Å². The van der Waals surface area contributed by atoms with Crippen molar-refractivity contribution in [3.63, 3.8) is 0 Å². The van der Waals surface area contributed by atoms with Gasteiger partial charge in [-0.3, -0.25) is 9.59 Å². The smallest absolute Gasteiger partial charge is 0.314 e. The molecule has 1 unspecified atom stereocenters. The number of benzene rings is 1. The quantitative estimate of drug-likeness (QED) is 0.623. The number of hydrogen-bond donors (Lipinski definition) is 1. The molecule has 1 N–H and O–H groups in total. The molecular weight excluding hydrogens is 232 g/mol. The molecule has 0 saturated carbocycles. The van der Waals surface area contributed by atoms with Crippen molar-refractivity contribution in [2.75, 3.05) is 0 Å². The molecule has 0 aromatic heterocycles. The van der Waals surface area contributed by atoms with Crippen LogP contribution in [-0.2, 0) is 4.79 Å². The Kier molecular flexibility index (Phi) is 4.89. The lowest BCUT2D eigenvalue weighted by molar-refractivity contribution is -0.140. The second-order valence-electron chi connectivity index (χ2n) is 4.35.